The molecule has 0 atom stereocenters. The van der Waals surface area contributed by atoms with E-state index in [0.717, 1.165) is 16.3 Å². The van der Waals surface area contributed by atoms with Crippen LogP contribution in [0.2, 0.25) is 0 Å². The minimum Gasteiger partial charge on any atom is -0.489 e. The second kappa shape index (κ2) is 7.90. The van der Waals surface area contributed by atoms with Crippen molar-refractivity contribution in [2.24, 2.45) is 0 Å². The molecular weight excluding hydrogens is 339 g/mol. The second-order valence-corrected chi connectivity index (χ2v) is 6.59. The highest BCUT2D eigenvalue weighted by molar-refractivity contribution is 7.09. The van der Waals surface area contributed by atoms with Crippen molar-refractivity contribution in [3.63, 3.8) is 0 Å². The number of hydrogen-bond acceptors (Lipinski definition) is 4. The van der Waals surface area contributed by atoms with Crippen molar-refractivity contribution in [3.8, 4) is 5.75 Å². The molecular formula is C19H17FN2O2S. The molecule has 3 rings (SSSR count). The largest absolute Gasteiger partial charge is 0.489 e. The van der Waals surface area contributed by atoms with Crippen molar-refractivity contribution in [2.75, 3.05) is 5.32 Å². The van der Waals surface area contributed by atoms with Gasteiger partial charge in [0.25, 0.3) is 0 Å². The summed E-state index contributed by atoms with van der Waals surface area (Å²) < 4.78 is 18.6. The monoisotopic (exact) mass is 356 g/mol. The Kier molecular flexibility index (Phi) is 5.40. The zero-order valence-corrected chi connectivity index (χ0v) is 14.5. The molecule has 0 saturated heterocycles. The zero-order chi connectivity index (χ0) is 17.6. The number of thiazole rings is 1. The number of carbonyl (C=O) groups excluding carboxylic acids is 1. The summed E-state index contributed by atoms with van der Waals surface area (Å²) in [5.41, 5.74) is 2.30. The van der Waals surface area contributed by atoms with Gasteiger partial charge < -0.3 is 10.1 Å². The fraction of sp³-hybridized carbons (Fsp3) is 0.158. The van der Waals surface area contributed by atoms with E-state index in [1.54, 1.807) is 24.3 Å². The van der Waals surface area contributed by atoms with E-state index in [1.165, 1.54) is 23.5 Å². The standard InChI is InChI=1S/C19H17FN2O2S/c1-13-21-17(12-25-13)10-19(23)22-16-3-2-4-18(9-16)24-11-14-5-7-15(20)8-6-14/h2-9,12H,10-11H2,1H3,(H,22,23). The number of benzene rings is 2. The maximum absolute atomic E-state index is 12.9. The van der Waals surface area contributed by atoms with Gasteiger partial charge in [0.15, 0.2) is 0 Å². The second-order valence-electron chi connectivity index (χ2n) is 5.53. The van der Waals surface area contributed by atoms with Gasteiger partial charge in [-0.2, -0.15) is 0 Å². The number of halogens is 1. The van der Waals surface area contributed by atoms with Crippen molar-refractivity contribution >= 4 is 22.9 Å². The molecule has 0 bridgehead atoms. The van der Waals surface area contributed by atoms with Gasteiger partial charge in [-0.25, -0.2) is 9.37 Å². The van der Waals surface area contributed by atoms with Gasteiger partial charge in [-0.3, -0.25) is 4.79 Å². The van der Waals surface area contributed by atoms with E-state index in [9.17, 15) is 9.18 Å². The minimum absolute atomic E-state index is 0.124. The molecule has 128 valence electrons. The van der Waals surface area contributed by atoms with Crippen molar-refractivity contribution in [3.05, 3.63) is 76.0 Å². The molecule has 25 heavy (non-hydrogen) atoms. The van der Waals surface area contributed by atoms with Crippen molar-refractivity contribution < 1.29 is 13.9 Å². The third-order valence-corrected chi connectivity index (χ3v) is 4.27. The highest BCUT2D eigenvalue weighted by Crippen LogP contribution is 2.19. The molecule has 1 amide bonds. The van der Waals surface area contributed by atoms with E-state index in [4.69, 9.17) is 4.74 Å². The van der Waals surface area contributed by atoms with Crippen LogP contribution in [-0.2, 0) is 17.8 Å². The number of nitrogens with one attached hydrogen (secondary N) is 1. The molecule has 3 aromatic rings. The number of aromatic nitrogens is 1. The predicted molar refractivity (Wildman–Crippen MR) is 96.4 cm³/mol. The number of hydrogen-bond donors (Lipinski definition) is 1. The molecule has 1 heterocycles. The molecule has 1 aromatic heterocycles. The van der Waals surface area contributed by atoms with Crippen LogP contribution in [0.5, 0.6) is 5.75 Å². The van der Waals surface area contributed by atoms with Crippen LogP contribution in [-0.4, -0.2) is 10.9 Å². The first kappa shape index (κ1) is 17.1. The Morgan fingerprint density at radius 1 is 1.24 bits per heavy atom. The topological polar surface area (TPSA) is 51.2 Å². The Labute approximate surface area is 149 Å². The maximum Gasteiger partial charge on any atom is 0.230 e. The van der Waals surface area contributed by atoms with Crippen LogP contribution in [0.25, 0.3) is 0 Å². The predicted octanol–water partition coefficient (Wildman–Crippen LogP) is 4.35. The van der Waals surface area contributed by atoms with Gasteiger partial charge in [0.2, 0.25) is 5.91 Å². The maximum atomic E-state index is 12.9. The molecule has 0 aliphatic rings. The Bertz CT molecular complexity index is 862. The summed E-state index contributed by atoms with van der Waals surface area (Å²) in [4.78, 5) is 16.4. The molecule has 0 fully saturated rings. The van der Waals surface area contributed by atoms with Crippen LogP contribution in [0, 0.1) is 12.7 Å². The van der Waals surface area contributed by atoms with E-state index < -0.39 is 0 Å². The third-order valence-electron chi connectivity index (χ3n) is 3.44. The number of aryl methyl sites for hydroxylation is 1. The van der Waals surface area contributed by atoms with Crippen LogP contribution in [0.3, 0.4) is 0 Å². The molecule has 2 aromatic carbocycles. The third kappa shape index (κ3) is 5.12. The molecule has 1 N–H and O–H groups in total. The van der Waals surface area contributed by atoms with Crippen molar-refractivity contribution in [2.45, 2.75) is 20.0 Å². The summed E-state index contributed by atoms with van der Waals surface area (Å²) in [6.45, 7) is 2.24. The van der Waals surface area contributed by atoms with Crippen LogP contribution in [0.1, 0.15) is 16.3 Å². The lowest BCUT2D eigenvalue weighted by Gasteiger charge is -2.09. The van der Waals surface area contributed by atoms with E-state index >= 15 is 0 Å². The molecule has 0 aliphatic carbocycles. The van der Waals surface area contributed by atoms with Gasteiger partial charge in [0, 0.05) is 17.1 Å². The molecule has 4 nitrogen and oxygen atoms in total. The molecule has 6 heteroatoms. The summed E-state index contributed by atoms with van der Waals surface area (Å²) in [5, 5.41) is 5.67. The fourth-order valence-corrected chi connectivity index (χ4v) is 2.88. The van der Waals surface area contributed by atoms with Gasteiger partial charge >= 0.3 is 0 Å². The molecule has 0 saturated carbocycles. The Hall–Kier alpha value is -2.73. The number of amides is 1. The molecule has 0 aliphatic heterocycles. The summed E-state index contributed by atoms with van der Waals surface area (Å²) >= 11 is 1.53. The normalized spacial score (nSPS) is 10.5. The SMILES string of the molecule is Cc1nc(CC(=O)Nc2cccc(OCc3ccc(F)cc3)c2)cs1. The number of carbonyl (C=O) groups is 1. The lowest BCUT2D eigenvalue weighted by Crippen LogP contribution is -2.14. The van der Waals surface area contributed by atoms with Gasteiger partial charge in [0.05, 0.1) is 17.1 Å². The smallest absolute Gasteiger partial charge is 0.230 e. The Balaban J connectivity index is 1.57. The summed E-state index contributed by atoms with van der Waals surface area (Å²) in [6.07, 6.45) is 0.241. The first-order chi connectivity index (χ1) is 12.1. The van der Waals surface area contributed by atoms with Crippen LogP contribution in [0.15, 0.2) is 53.9 Å². The van der Waals surface area contributed by atoms with Gasteiger partial charge in [-0.1, -0.05) is 18.2 Å². The fourth-order valence-electron chi connectivity index (χ4n) is 2.27. The van der Waals surface area contributed by atoms with Crippen LogP contribution in [0.4, 0.5) is 10.1 Å². The van der Waals surface area contributed by atoms with E-state index in [1.807, 2.05) is 24.4 Å². The van der Waals surface area contributed by atoms with E-state index in [-0.39, 0.29) is 18.1 Å². The average molecular weight is 356 g/mol. The molecule has 0 unspecified atom stereocenters. The highest BCUT2D eigenvalue weighted by atomic mass is 32.1. The molecule has 0 radical (unpaired) electrons. The minimum atomic E-state index is -0.274. The highest BCUT2D eigenvalue weighted by Gasteiger charge is 2.07. The number of ether oxygens (including phenoxy) is 1. The Morgan fingerprint density at radius 2 is 2.04 bits per heavy atom. The van der Waals surface area contributed by atoms with Gasteiger partial charge in [-0.05, 0) is 36.8 Å². The first-order valence-electron chi connectivity index (χ1n) is 7.77. The van der Waals surface area contributed by atoms with Crippen LogP contribution < -0.4 is 10.1 Å². The zero-order valence-electron chi connectivity index (χ0n) is 13.7. The number of anilines is 1. The lowest BCUT2D eigenvalue weighted by molar-refractivity contribution is -0.115. The number of rotatable bonds is 6. The van der Waals surface area contributed by atoms with Crippen molar-refractivity contribution in [1.82, 2.24) is 4.98 Å². The van der Waals surface area contributed by atoms with E-state index in [2.05, 4.69) is 10.3 Å². The average Bonchev–Trinajstić information content (AvgIpc) is 2.99. The van der Waals surface area contributed by atoms with Crippen molar-refractivity contribution in [1.29, 1.82) is 0 Å². The summed E-state index contributed by atoms with van der Waals surface area (Å²) in [6, 6.07) is 13.3. The first-order valence-corrected chi connectivity index (χ1v) is 8.64. The quantitative estimate of drug-likeness (QED) is 0.714. The summed E-state index contributed by atoms with van der Waals surface area (Å²) in [5.74, 6) is 0.233. The van der Waals surface area contributed by atoms with Gasteiger partial charge in [0.1, 0.15) is 18.2 Å². The van der Waals surface area contributed by atoms with E-state index in [0.29, 0.717) is 18.0 Å². The molecule has 0 spiro atoms. The van der Waals surface area contributed by atoms with Gasteiger partial charge in [-0.15, -0.1) is 11.3 Å². The summed E-state index contributed by atoms with van der Waals surface area (Å²) in [7, 11) is 0. The number of nitrogens with zero attached hydrogens (tertiary/aromatic N) is 1. The van der Waals surface area contributed by atoms with Crippen LogP contribution >= 0.6 is 11.3 Å². The lowest BCUT2D eigenvalue weighted by atomic mass is 10.2. The Morgan fingerprint density at radius 3 is 2.76 bits per heavy atom.